The summed E-state index contributed by atoms with van der Waals surface area (Å²) in [6.45, 7) is 0.425. The number of nitrogens with zero attached hydrogens (tertiary/aromatic N) is 1. The molecular weight excluding hydrogens is 294 g/mol. The van der Waals surface area contributed by atoms with Gasteiger partial charge in [-0.15, -0.1) is 0 Å². The molecule has 0 unspecified atom stereocenters. The molecule has 0 radical (unpaired) electrons. The fourth-order valence-electron chi connectivity index (χ4n) is 1.86. The number of hydrogen-bond donors (Lipinski definition) is 0. The zero-order valence-electron chi connectivity index (χ0n) is 12.8. The molecule has 0 aliphatic heterocycles. The van der Waals surface area contributed by atoms with E-state index < -0.39 is 0 Å². The van der Waals surface area contributed by atoms with Gasteiger partial charge in [0.25, 0.3) is 0 Å². The van der Waals surface area contributed by atoms with Crippen molar-refractivity contribution in [3.63, 3.8) is 0 Å². The third kappa shape index (κ3) is 5.36. The van der Waals surface area contributed by atoms with E-state index in [1.54, 1.807) is 31.4 Å². The van der Waals surface area contributed by atoms with Gasteiger partial charge in [0.1, 0.15) is 17.2 Å². The summed E-state index contributed by atoms with van der Waals surface area (Å²) in [6, 6.07) is 15.7. The molecule has 0 aliphatic rings. The lowest BCUT2D eigenvalue weighted by Gasteiger charge is -2.07. The SMILES string of the molecule is COc1ccc(OCCCC(=O)Oc2ccc(C#N)cc2)cc1. The first kappa shape index (κ1) is 16.4. The Labute approximate surface area is 135 Å². The van der Waals surface area contributed by atoms with Crippen LogP contribution in [0.25, 0.3) is 0 Å². The molecule has 2 rings (SSSR count). The van der Waals surface area contributed by atoms with Crippen molar-refractivity contribution in [2.24, 2.45) is 0 Å². The summed E-state index contributed by atoms with van der Waals surface area (Å²) in [5, 5.41) is 8.70. The highest BCUT2D eigenvalue weighted by Crippen LogP contribution is 2.17. The minimum Gasteiger partial charge on any atom is -0.497 e. The number of hydrogen-bond acceptors (Lipinski definition) is 5. The molecule has 0 aliphatic carbocycles. The van der Waals surface area contributed by atoms with E-state index >= 15 is 0 Å². The molecule has 118 valence electrons. The zero-order chi connectivity index (χ0) is 16.5. The highest BCUT2D eigenvalue weighted by Gasteiger charge is 2.05. The van der Waals surface area contributed by atoms with E-state index in [1.807, 2.05) is 30.3 Å². The molecule has 0 N–H and O–H groups in total. The van der Waals surface area contributed by atoms with Crippen LogP contribution in [0.2, 0.25) is 0 Å². The quantitative estimate of drug-likeness (QED) is 0.446. The Morgan fingerprint density at radius 3 is 2.22 bits per heavy atom. The Morgan fingerprint density at radius 1 is 1.00 bits per heavy atom. The van der Waals surface area contributed by atoms with Crippen LogP contribution in [0, 0.1) is 11.3 Å². The second kappa shape index (κ2) is 8.44. The van der Waals surface area contributed by atoms with Crippen LogP contribution in [0.4, 0.5) is 0 Å². The normalized spacial score (nSPS) is 9.74. The van der Waals surface area contributed by atoms with Gasteiger partial charge in [0, 0.05) is 6.42 Å². The summed E-state index contributed by atoms with van der Waals surface area (Å²) in [6.07, 6.45) is 0.817. The number of methoxy groups -OCH3 is 1. The second-order valence-electron chi connectivity index (χ2n) is 4.74. The number of ether oxygens (including phenoxy) is 3. The van der Waals surface area contributed by atoms with Gasteiger partial charge in [-0.05, 0) is 55.0 Å². The topological polar surface area (TPSA) is 68.6 Å². The third-order valence-corrected chi connectivity index (χ3v) is 3.07. The van der Waals surface area contributed by atoms with Gasteiger partial charge in [-0.25, -0.2) is 0 Å². The molecule has 0 heterocycles. The molecule has 5 nitrogen and oxygen atoms in total. The standard InChI is InChI=1S/C18H17NO4/c1-21-15-8-10-16(11-9-15)22-12-2-3-18(20)23-17-6-4-14(13-19)5-7-17/h4-11H,2-3,12H2,1H3. The van der Waals surface area contributed by atoms with Gasteiger partial charge in [0.05, 0.1) is 25.3 Å². The summed E-state index contributed by atoms with van der Waals surface area (Å²) in [7, 11) is 1.61. The number of nitriles is 1. The van der Waals surface area contributed by atoms with E-state index in [2.05, 4.69) is 0 Å². The molecule has 5 heteroatoms. The average Bonchev–Trinajstić information content (AvgIpc) is 2.60. The van der Waals surface area contributed by atoms with Crippen molar-refractivity contribution in [1.29, 1.82) is 5.26 Å². The Hall–Kier alpha value is -3.00. The van der Waals surface area contributed by atoms with Crippen LogP contribution < -0.4 is 14.2 Å². The highest BCUT2D eigenvalue weighted by atomic mass is 16.5. The second-order valence-corrected chi connectivity index (χ2v) is 4.74. The van der Waals surface area contributed by atoms with Crippen LogP contribution in [0.3, 0.4) is 0 Å². The Morgan fingerprint density at radius 2 is 1.61 bits per heavy atom. The van der Waals surface area contributed by atoms with E-state index in [1.165, 1.54) is 0 Å². The fraction of sp³-hybridized carbons (Fsp3) is 0.222. The van der Waals surface area contributed by atoms with Crippen LogP contribution in [0.5, 0.6) is 17.2 Å². The lowest BCUT2D eigenvalue weighted by Crippen LogP contribution is -2.09. The first-order valence-electron chi connectivity index (χ1n) is 7.19. The monoisotopic (exact) mass is 311 g/mol. The first-order chi connectivity index (χ1) is 11.2. The van der Waals surface area contributed by atoms with Crippen molar-refractivity contribution in [2.45, 2.75) is 12.8 Å². The lowest BCUT2D eigenvalue weighted by atomic mass is 10.2. The van der Waals surface area contributed by atoms with Gasteiger partial charge < -0.3 is 14.2 Å². The molecule has 0 saturated heterocycles. The molecule has 2 aromatic rings. The molecule has 0 bridgehead atoms. The summed E-state index contributed by atoms with van der Waals surface area (Å²) < 4.78 is 15.8. The summed E-state index contributed by atoms with van der Waals surface area (Å²) >= 11 is 0. The Kier molecular flexibility index (Phi) is 6.01. The third-order valence-electron chi connectivity index (χ3n) is 3.07. The molecule has 0 atom stereocenters. The summed E-state index contributed by atoms with van der Waals surface area (Å²) in [4.78, 5) is 11.7. The largest absolute Gasteiger partial charge is 0.497 e. The Bertz CT molecular complexity index is 672. The van der Waals surface area contributed by atoms with Gasteiger partial charge in [-0.3, -0.25) is 4.79 Å². The molecule has 0 saturated carbocycles. The van der Waals surface area contributed by atoms with Crippen molar-refractivity contribution in [1.82, 2.24) is 0 Å². The van der Waals surface area contributed by atoms with E-state index in [9.17, 15) is 4.79 Å². The maximum absolute atomic E-state index is 11.7. The smallest absolute Gasteiger partial charge is 0.311 e. The van der Waals surface area contributed by atoms with E-state index in [0.717, 1.165) is 11.5 Å². The van der Waals surface area contributed by atoms with Crippen LogP contribution in [-0.4, -0.2) is 19.7 Å². The minimum atomic E-state index is -0.326. The van der Waals surface area contributed by atoms with Gasteiger partial charge in [0.15, 0.2) is 0 Å². The van der Waals surface area contributed by atoms with Crippen LogP contribution in [0.1, 0.15) is 18.4 Å². The van der Waals surface area contributed by atoms with Crippen LogP contribution >= 0.6 is 0 Å². The molecule has 23 heavy (non-hydrogen) atoms. The van der Waals surface area contributed by atoms with E-state index in [-0.39, 0.29) is 12.4 Å². The predicted octanol–water partition coefficient (Wildman–Crippen LogP) is 3.33. The predicted molar refractivity (Wildman–Crippen MR) is 84.5 cm³/mol. The molecule has 0 amide bonds. The minimum absolute atomic E-state index is 0.260. The first-order valence-corrected chi connectivity index (χ1v) is 7.19. The van der Waals surface area contributed by atoms with Gasteiger partial charge in [0.2, 0.25) is 0 Å². The lowest BCUT2D eigenvalue weighted by molar-refractivity contribution is -0.134. The van der Waals surface area contributed by atoms with Crippen LogP contribution in [0.15, 0.2) is 48.5 Å². The van der Waals surface area contributed by atoms with Crippen molar-refractivity contribution < 1.29 is 19.0 Å². The number of esters is 1. The van der Waals surface area contributed by atoms with E-state index in [4.69, 9.17) is 19.5 Å². The van der Waals surface area contributed by atoms with Crippen molar-refractivity contribution in [2.75, 3.05) is 13.7 Å². The molecule has 0 fully saturated rings. The summed E-state index contributed by atoms with van der Waals surface area (Å²) in [5.74, 6) is 1.60. The maximum Gasteiger partial charge on any atom is 0.311 e. The van der Waals surface area contributed by atoms with Crippen molar-refractivity contribution >= 4 is 5.97 Å². The van der Waals surface area contributed by atoms with Crippen molar-refractivity contribution in [3.05, 3.63) is 54.1 Å². The Balaban J connectivity index is 1.68. The maximum atomic E-state index is 11.7. The van der Waals surface area contributed by atoms with Crippen molar-refractivity contribution in [3.8, 4) is 23.3 Å². The van der Waals surface area contributed by atoms with Crippen LogP contribution in [-0.2, 0) is 4.79 Å². The van der Waals surface area contributed by atoms with Gasteiger partial charge in [-0.1, -0.05) is 0 Å². The molecule has 2 aromatic carbocycles. The number of rotatable bonds is 7. The zero-order valence-corrected chi connectivity index (χ0v) is 12.8. The van der Waals surface area contributed by atoms with E-state index in [0.29, 0.717) is 24.3 Å². The highest BCUT2D eigenvalue weighted by molar-refractivity contribution is 5.72. The number of carbonyl (C=O) groups is 1. The van der Waals surface area contributed by atoms with Gasteiger partial charge >= 0.3 is 5.97 Å². The fourth-order valence-corrected chi connectivity index (χ4v) is 1.86. The number of carbonyl (C=O) groups excluding carboxylic acids is 1. The average molecular weight is 311 g/mol. The van der Waals surface area contributed by atoms with Gasteiger partial charge in [-0.2, -0.15) is 5.26 Å². The molecular formula is C18H17NO4. The number of benzene rings is 2. The molecule has 0 aromatic heterocycles. The summed E-state index contributed by atoms with van der Waals surface area (Å²) in [5.41, 5.74) is 0.526. The molecule has 0 spiro atoms.